The van der Waals surface area contributed by atoms with Gasteiger partial charge in [-0.05, 0) is 56.2 Å². The van der Waals surface area contributed by atoms with Crippen LogP contribution < -0.4 is 5.32 Å². The average molecular weight is 375 g/mol. The van der Waals surface area contributed by atoms with Crippen LogP contribution in [0, 0.1) is 18.3 Å². The second kappa shape index (κ2) is 6.22. The van der Waals surface area contributed by atoms with Crippen molar-refractivity contribution in [1.29, 1.82) is 0 Å². The fourth-order valence-corrected chi connectivity index (χ4v) is 4.46. The molecule has 0 bridgehead atoms. The highest BCUT2D eigenvalue weighted by molar-refractivity contribution is 6.07. The number of imidazole rings is 1. The maximum absolute atomic E-state index is 12.7. The number of imide groups is 1. The third-order valence-corrected chi connectivity index (χ3v) is 6.22. The van der Waals surface area contributed by atoms with Gasteiger partial charge >= 0.3 is 0 Å². The van der Waals surface area contributed by atoms with E-state index in [-0.39, 0.29) is 17.5 Å². The molecule has 0 atom stereocenters. The summed E-state index contributed by atoms with van der Waals surface area (Å²) in [6.07, 6.45) is 8.76. The van der Waals surface area contributed by atoms with Gasteiger partial charge in [-0.3, -0.25) is 24.3 Å². The van der Waals surface area contributed by atoms with Crippen LogP contribution in [0.2, 0.25) is 0 Å². The normalized spacial score (nSPS) is 17.9. The Balaban J connectivity index is 1.40. The van der Waals surface area contributed by atoms with E-state index in [1.54, 1.807) is 16.9 Å². The Morgan fingerprint density at radius 3 is 2.68 bits per heavy atom. The predicted octanol–water partition coefficient (Wildman–Crippen LogP) is 2.94. The molecule has 3 heterocycles. The molecule has 2 aliphatic rings. The van der Waals surface area contributed by atoms with Gasteiger partial charge < -0.3 is 0 Å². The van der Waals surface area contributed by atoms with Crippen LogP contribution in [-0.2, 0) is 4.79 Å². The third-order valence-electron chi connectivity index (χ3n) is 6.22. The second-order valence-corrected chi connectivity index (χ2v) is 8.06. The van der Waals surface area contributed by atoms with Crippen molar-refractivity contribution in [3.63, 3.8) is 0 Å². The van der Waals surface area contributed by atoms with E-state index in [1.807, 2.05) is 31.2 Å². The Bertz CT molecular complexity index is 1080. The van der Waals surface area contributed by atoms with Crippen LogP contribution in [-0.4, -0.2) is 31.2 Å². The lowest BCUT2D eigenvalue weighted by Crippen LogP contribution is -2.50. The zero-order valence-corrected chi connectivity index (χ0v) is 15.7. The number of carbonyl (C=O) groups is 2. The lowest BCUT2D eigenvalue weighted by Gasteiger charge is -2.53. The van der Waals surface area contributed by atoms with Crippen LogP contribution in [0.5, 0.6) is 0 Å². The van der Waals surface area contributed by atoms with E-state index in [0.29, 0.717) is 16.8 Å². The van der Waals surface area contributed by atoms with Crippen LogP contribution >= 0.6 is 0 Å². The minimum Gasteiger partial charge on any atom is -0.291 e. The van der Waals surface area contributed by atoms with Crippen molar-refractivity contribution in [3.8, 4) is 11.4 Å². The number of nitrogens with one attached hydrogen (secondary N) is 1. The zero-order valence-electron chi connectivity index (χ0n) is 15.7. The number of fused-ring (bicyclic) bond motifs is 1. The molecule has 0 radical (unpaired) electrons. The quantitative estimate of drug-likeness (QED) is 0.711. The summed E-state index contributed by atoms with van der Waals surface area (Å²) in [7, 11) is 0. The standard InChI is InChI=1S/C21H21N5O2/c1-13-9-16(15-5-2-3-8-22-15)24-18-17(23-12-26(13)18)20(28)25-19(27)14-10-21(11-14)6-4-7-21/h2-3,5,8-9,12,14H,4,6-7,10-11H2,1H3,(H,25,27,28). The largest absolute Gasteiger partial charge is 0.291 e. The van der Waals surface area contributed by atoms with Crippen LogP contribution in [0.1, 0.15) is 48.3 Å². The molecule has 0 aromatic carbocycles. The average Bonchev–Trinajstić information content (AvgIpc) is 3.04. The lowest BCUT2D eigenvalue weighted by atomic mass is 9.51. The molecule has 2 aliphatic carbocycles. The molecule has 3 aromatic rings. The van der Waals surface area contributed by atoms with E-state index in [4.69, 9.17) is 0 Å². The van der Waals surface area contributed by atoms with Gasteiger partial charge in [-0.1, -0.05) is 12.5 Å². The first kappa shape index (κ1) is 17.0. The van der Waals surface area contributed by atoms with Gasteiger partial charge in [-0.25, -0.2) is 9.97 Å². The number of pyridine rings is 1. The summed E-state index contributed by atoms with van der Waals surface area (Å²) in [5, 5.41) is 2.53. The zero-order chi connectivity index (χ0) is 19.3. The first-order valence-electron chi connectivity index (χ1n) is 9.66. The molecule has 2 saturated carbocycles. The maximum atomic E-state index is 12.7. The Hall–Kier alpha value is -3.09. The fourth-order valence-electron chi connectivity index (χ4n) is 4.46. The van der Waals surface area contributed by atoms with Crippen molar-refractivity contribution in [2.75, 3.05) is 0 Å². The molecule has 2 fully saturated rings. The molecule has 0 saturated heterocycles. The molecule has 0 aliphatic heterocycles. The van der Waals surface area contributed by atoms with Crippen LogP contribution in [0.25, 0.3) is 17.0 Å². The van der Waals surface area contributed by atoms with Crippen molar-refractivity contribution in [1.82, 2.24) is 24.7 Å². The number of nitrogens with zero attached hydrogens (tertiary/aromatic N) is 4. The monoisotopic (exact) mass is 375 g/mol. The molecular weight excluding hydrogens is 354 g/mol. The number of aryl methyl sites for hydroxylation is 1. The van der Waals surface area contributed by atoms with Crippen LogP contribution in [0.3, 0.4) is 0 Å². The third kappa shape index (κ3) is 2.69. The van der Waals surface area contributed by atoms with Crippen molar-refractivity contribution >= 4 is 17.5 Å². The number of hydrogen-bond acceptors (Lipinski definition) is 5. The number of carbonyl (C=O) groups excluding carboxylic acids is 2. The van der Waals surface area contributed by atoms with E-state index in [0.717, 1.165) is 24.2 Å². The molecule has 5 rings (SSSR count). The lowest BCUT2D eigenvalue weighted by molar-refractivity contribution is -0.135. The molecule has 1 spiro atoms. The smallest absolute Gasteiger partial charge is 0.280 e. The van der Waals surface area contributed by atoms with Gasteiger partial charge in [0.1, 0.15) is 6.33 Å². The summed E-state index contributed by atoms with van der Waals surface area (Å²) < 4.78 is 1.75. The Morgan fingerprint density at radius 1 is 1.18 bits per heavy atom. The van der Waals surface area contributed by atoms with Crippen molar-refractivity contribution in [3.05, 3.63) is 48.2 Å². The first-order valence-corrected chi connectivity index (χ1v) is 9.66. The predicted molar refractivity (Wildman–Crippen MR) is 102 cm³/mol. The molecule has 3 aromatic heterocycles. The molecule has 0 unspecified atom stereocenters. The van der Waals surface area contributed by atoms with Crippen LogP contribution in [0.15, 0.2) is 36.8 Å². The van der Waals surface area contributed by atoms with Gasteiger partial charge in [0.15, 0.2) is 11.3 Å². The van der Waals surface area contributed by atoms with Gasteiger partial charge in [0, 0.05) is 17.8 Å². The molecular formula is C21H21N5O2. The number of amides is 2. The molecule has 7 nitrogen and oxygen atoms in total. The first-order chi connectivity index (χ1) is 13.5. The van der Waals surface area contributed by atoms with Crippen LogP contribution in [0.4, 0.5) is 0 Å². The van der Waals surface area contributed by atoms with Gasteiger partial charge in [0.05, 0.1) is 11.4 Å². The summed E-state index contributed by atoms with van der Waals surface area (Å²) in [5.74, 6) is -0.745. The summed E-state index contributed by atoms with van der Waals surface area (Å²) in [6, 6.07) is 7.49. The van der Waals surface area contributed by atoms with E-state index in [1.165, 1.54) is 19.3 Å². The molecule has 142 valence electrons. The number of aromatic nitrogens is 4. The topological polar surface area (TPSA) is 89.2 Å². The molecule has 7 heteroatoms. The minimum absolute atomic E-state index is 0.0584. The van der Waals surface area contributed by atoms with E-state index in [2.05, 4.69) is 20.3 Å². The van der Waals surface area contributed by atoms with Gasteiger partial charge in [-0.15, -0.1) is 0 Å². The Labute approximate surface area is 162 Å². The molecule has 28 heavy (non-hydrogen) atoms. The Kier molecular flexibility index (Phi) is 3.79. The van der Waals surface area contributed by atoms with Gasteiger partial charge in [0.2, 0.25) is 5.91 Å². The van der Waals surface area contributed by atoms with Crippen molar-refractivity contribution < 1.29 is 9.59 Å². The molecule has 2 amide bonds. The number of rotatable bonds is 3. The summed E-state index contributed by atoms with van der Waals surface area (Å²) in [5.41, 5.74) is 3.24. The second-order valence-electron chi connectivity index (χ2n) is 8.06. The summed E-state index contributed by atoms with van der Waals surface area (Å²) in [4.78, 5) is 38.3. The Morgan fingerprint density at radius 2 is 2.00 bits per heavy atom. The minimum atomic E-state index is -0.493. The number of hydrogen-bond donors (Lipinski definition) is 1. The SMILES string of the molecule is Cc1cc(-c2ccccn2)nc2c(C(=O)NC(=O)C3CC4(CCC4)C3)ncn12. The van der Waals surface area contributed by atoms with Crippen molar-refractivity contribution in [2.24, 2.45) is 11.3 Å². The highest BCUT2D eigenvalue weighted by Crippen LogP contribution is 2.58. The van der Waals surface area contributed by atoms with E-state index < -0.39 is 5.91 Å². The van der Waals surface area contributed by atoms with E-state index >= 15 is 0 Å². The van der Waals surface area contributed by atoms with E-state index in [9.17, 15) is 9.59 Å². The maximum Gasteiger partial charge on any atom is 0.280 e. The molecule has 1 N–H and O–H groups in total. The highest BCUT2D eigenvalue weighted by atomic mass is 16.2. The van der Waals surface area contributed by atoms with Gasteiger partial charge in [-0.2, -0.15) is 0 Å². The fraction of sp³-hybridized carbons (Fsp3) is 0.381. The highest BCUT2D eigenvalue weighted by Gasteiger charge is 2.50. The van der Waals surface area contributed by atoms with Gasteiger partial charge in [0.25, 0.3) is 5.91 Å². The summed E-state index contributed by atoms with van der Waals surface area (Å²) >= 11 is 0. The van der Waals surface area contributed by atoms with Crippen molar-refractivity contribution in [2.45, 2.75) is 39.0 Å². The summed E-state index contributed by atoms with van der Waals surface area (Å²) in [6.45, 7) is 1.92.